The topological polar surface area (TPSA) is 146 Å². The molecule has 3 heterocycles. The number of aliphatic hydroxyl groups excluding tert-OH is 1. The Morgan fingerprint density at radius 3 is 2.63 bits per heavy atom. The summed E-state index contributed by atoms with van der Waals surface area (Å²) in [4.78, 5) is 32.5. The SMILES string of the molecule is COc1nc(-c2cccc(-c3ccnc(-c4ccc5c(c4)CCC[C@H]5NC[C@@H]4CCC(=O)N4)c3Cl)c2Cl)ccc1CNC(CCO)C(=O)O. The minimum Gasteiger partial charge on any atom is -0.481 e. The minimum atomic E-state index is -1.04. The lowest BCUT2D eigenvalue weighted by Crippen LogP contribution is -2.38. The van der Waals surface area contributed by atoms with Crippen molar-refractivity contribution < 1.29 is 24.5 Å². The van der Waals surface area contributed by atoms with Gasteiger partial charge in [-0.3, -0.25) is 14.6 Å². The number of aromatic nitrogens is 2. The quantitative estimate of drug-likeness (QED) is 0.114. The Kier molecular flexibility index (Phi) is 11.1. The predicted molar refractivity (Wildman–Crippen MR) is 190 cm³/mol. The van der Waals surface area contributed by atoms with Crippen molar-refractivity contribution in [1.82, 2.24) is 25.9 Å². The van der Waals surface area contributed by atoms with E-state index in [1.165, 1.54) is 18.2 Å². The first-order valence-corrected chi connectivity index (χ1v) is 17.2. The number of fused-ring (bicyclic) bond motifs is 1. The summed E-state index contributed by atoms with van der Waals surface area (Å²) >= 11 is 14.2. The Bertz CT molecular complexity index is 1850. The van der Waals surface area contributed by atoms with Gasteiger partial charge in [0.1, 0.15) is 6.04 Å². The van der Waals surface area contributed by atoms with Crippen LogP contribution in [0.5, 0.6) is 5.88 Å². The number of aliphatic hydroxyl groups is 1. The van der Waals surface area contributed by atoms with Gasteiger partial charge in [-0.2, -0.15) is 0 Å². The standard InChI is InChI=1S/C37H39Cl2N5O5/c1-49-36-23(19-41-31(15-17-45)37(47)48)9-12-30(44-36)28-6-3-5-26(33(28)38)27-14-16-40-35(34(27)39)22-8-11-25-21(18-22)4-2-7-29(25)42-20-24-10-13-32(46)43-24/h3,5-6,8-9,11-12,14,16,18,24,29,31,41-42,45H,2,4,7,10,13,15,17,19-20H2,1H3,(H,43,46)(H,47,48)/t24-,29+,31?/m0/s1. The van der Waals surface area contributed by atoms with Gasteiger partial charge >= 0.3 is 5.97 Å². The van der Waals surface area contributed by atoms with Crippen molar-refractivity contribution in [3.8, 4) is 39.5 Å². The summed E-state index contributed by atoms with van der Waals surface area (Å²) in [6.07, 6.45) is 6.38. The number of carboxylic acid groups (broad SMARTS) is 1. The van der Waals surface area contributed by atoms with Crippen molar-refractivity contribution in [2.45, 2.75) is 63.2 Å². The minimum absolute atomic E-state index is 0.0819. The number of carbonyl (C=O) groups is 2. The fourth-order valence-corrected chi connectivity index (χ4v) is 7.33. The maximum atomic E-state index is 11.6. The molecular formula is C37H39Cl2N5O5. The second kappa shape index (κ2) is 15.7. The number of aryl methyl sites for hydroxylation is 1. The van der Waals surface area contributed by atoms with Crippen molar-refractivity contribution in [2.75, 3.05) is 20.3 Å². The number of nitrogens with zero attached hydrogens (tertiary/aromatic N) is 2. The maximum Gasteiger partial charge on any atom is 0.320 e. The van der Waals surface area contributed by atoms with E-state index in [1.54, 1.807) is 6.20 Å². The van der Waals surface area contributed by atoms with Gasteiger partial charge < -0.3 is 30.9 Å². The van der Waals surface area contributed by atoms with Crippen LogP contribution in [0, 0.1) is 0 Å². The average molecular weight is 705 g/mol. The van der Waals surface area contributed by atoms with Crippen LogP contribution in [0.2, 0.25) is 10.0 Å². The molecule has 0 bridgehead atoms. The number of amides is 1. The van der Waals surface area contributed by atoms with E-state index in [0.717, 1.165) is 48.9 Å². The molecule has 4 aromatic rings. The summed E-state index contributed by atoms with van der Waals surface area (Å²) in [5.74, 6) is -0.581. The van der Waals surface area contributed by atoms with E-state index in [9.17, 15) is 19.8 Å². The average Bonchev–Trinajstić information content (AvgIpc) is 3.53. The lowest BCUT2D eigenvalue weighted by Gasteiger charge is -2.28. The van der Waals surface area contributed by atoms with E-state index in [2.05, 4.69) is 44.1 Å². The number of hydrogen-bond acceptors (Lipinski definition) is 8. The van der Waals surface area contributed by atoms with Gasteiger partial charge in [0.2, 0.25) is 11.8 Å². The molecule has 2 aliphatic rings. The molecule has 256 valence electrons. The third-order valence-electron chi connectivity index (χ3n) is 9.27. The third kappa shape index (κ3) is 7.74. The number of benzene rings is 2. The summed E-state index contributed by atoms with van der Waals surface area (Å²) < 4.78 is 5.55. The first kappa shape index (κ1) is 34.8. The number of aliphatic carboxylic acids is 1. The first-order chi connectivity index (χ1) is 23.8. The number of carbonyl (C=O) groups excluding carboxylic acids is 1. The summed E-state index contributed by atoms with van der Waals surface area (Å²) in [7, 11) is 1.50. The Hall–Kier alpha value is -4.06. The molecule has 1 aliphatic heterocycles. The lowest BCUT2D eigenvalue weighted by atomic mass is 9.86. The van der Waals surface area contributed by atoms with Crippen LogP contribution in [-0.2, 0) is 22.6 Å². The highest BCUT2D eigenvalue weighted by Gasteiger charge is 2.26. The summed E-state index contributed by atoms with van der Waals surface area (Å²) in [5.41, 5.74) is 7.55. The molecule has 0 radical (unpaired) electrons. The van der Waals surface area contributed by atoms with Gasteiger partial charge in [-0.1, -0.05) is 59.6 Å². The van der Waals surface area contributed by atoms with Gasteiger partial charge in [0.05, 0.1) is 28.5 Å². The molecule has 0 spiro atoms. The smallest absolute Gasteiger partial charge is 0.320 e. The molecule has 1 amide bonds. The van der Waals surface area contributed by atoms with E-state index in [4.69, 9.17) is 27.9 Å². The van der Waals surface area contributed by atoms with E-state index in [1.807, 2.05) is 36.4 Å². The number of nitrogens with one attached hydrogen (secondary N) is 3. The van der Waals surface area contributed by atoms with Crippen LogP contribution < -0.4 is 20.7 Å². The molecule has 5 N–H and O–H groups in total. The van der Waals surface area contributed by atoms with Gasteiger partial charge in [0.25, 0.3) is 0 Å². The number of hydrogen-bond donors (Lipinski definition) is 5. The van der Waals surface area contributed by atoms with Crippen molar-refractivity contribution in [3.05, 3.63) is 87.5 Å². The normalized spacial score (nSPS) is 17.8. The largest absolute Gasteiger partial charge is 0.481 e. The summed E-state index contributed by atoms with van der Waals surface area (Å²) in [5, 5.41) is 29.2. The molecule has 0 saturated carbocycles. The highest BCUT2D eigenvalue weighted by Crippen LogP contribution is 2.42. The molecule has 2 aromatic carbocycles. The monoisotopic (exact) mass is 703 g/mol. The zero-order valence-corrected chi connectivity index (χ0v) is 28.7. The van der Waals surface area contributed by atoms with E-state index < -0.39 is 12.0 Å². The molecule has 3 atom stereocenters. The molecule has 1 unspecified atom stereocenters. The Labute approximate surface area is 295 Å². The second-order valence-electron chi connectivity index (χ2n) is 12.4. The lowest BCUT2D eigenvalue weighted by molar-refractivity contribution is -0.140. The van der Waals surface area contributed by atoms with Gasteiger partial charge in [-0.25, -0.2) is 4.98 Å². The third-order valence-corrected chi connectivity index (χ3v) is 10.1. The number of pyridine rings is 2. The highest BCUT2D eigenvalue weighted by molar-refractivity contribution is 6.39. The van der Waals surface area contributed by atoms with Crippen molar-refractivity contribution >= 4 is 35.1 Å². The summed E-state index contributed by atoms with van der Waals surface area (Å²) in [6, 6.07) is 17.1. The number of ether oxygens (including phenoxy) is 1. The molecule has 6 rings (SSSR count). The van der Waals surface area contributed by atoms with Crippen LogP contribution in [0.3, 0.4) is 0 Å². The number of methoxy groups -OCH3 is 1. The Balaban J connectivity index is 1.24. The van der Waals surface area contributed by atoms with E-state index >= 15 is 0 Å². The zero-order chi connectivity index (χ0) is 34.5. The highest BCUT2D eigenvalue weighted by atomic mass is 35.5. The number of halogens is 2. The van der Waals surface area contributed by atoms with Gasteiger partial charge in [0, 0.05) is 72.2 Å². The number of carboxylic acids is 1. The molecule has 10 nitrogen and oxygen atoms in total. The Morgan fingerprint density at radius 2 is 1.88 bits per heavy atom. The van der Waals surface area contributed by atoms with Gasteiger partial charge in [0.15, 0.2) is 0 Å². The van der Waals surface area contributed by atoms with Crippen molar-refractivity contribution in [3.63, 3.8) is 0 Å². The molecule has 49 heavy (non-hydrogen) atoms. The van der Waals surface area contributed by atoms with Crippen LogP contribution in [-0.4, -0.2) is 64.4 Å². The Morgan fingerprint density at radius 1 is 1.06 bits per heavy atom. The van der Waals surface area contributed by atoms with Gasteiger partial charge in [-0.05, 0) is 61.4 Å². The van der Waals surface area contributed by atoms with Crippen LogP contribution in [0.15, 0.2) is 60.8 Å². The fraction of sp³-hybridized carbons (Fsp3) is 0.351. The summed E-state index contributed by atoms with van der Waals surface area (Å²) in [6.45, 7) is 0.706. The van der Waals surface area contributed by atoms with Crippen LogP contribution >= 0.6 is 23.2 Å². The van der Waals surface area contributed by atoms with Gasteiger partial charge in [-0.15, -0.1) is 0 Å². The van der Waals surface area contributed by atoms with Crippen molar-refractivity contribution in [1.29, 1.82) is 0 Å². The van der Waals surface area contributed by atoms with Crippen molar-refractivity contribution in [2.24, 2.45) is 0 Å². The fourth-order valence-electron chi connectivity index (χ4n) is 6.69. The maximum absolute atomic E-state index is 11.6. The molecular weight excluding hydrogens is 665 g/mol. The van der Waals surface area contributed by atoms with Crippen LogP contribution in [0.4, 0.5) is 0 Å². The van der Waals surface area contributed by atoms with Crippen LogP contribution in [0.25, 0.3) is 33.6 Å². The van der Waals surface area contributed by atoms with E-state index in [0.29, 0.717) is 44.9 Å². The van der Waals surface area contributed by atoms with Crippen LogP contribution in [0.1, 0.15) is 54.8 Å². The predicted octanol–water partition coefficient (Wildman–Crippen LogP) is 5.96. The molecule has 12 heteroatoms. The molecule has 1 aliphatic carbocycles. The number of rotatable bonds is 13. The van der Waals surface area contributed by atoms with E-state index in [-0.39, 0.29) is 37.6 Å². The first-order valence-electron chi connectivity index (χ1n) is 16.5. The molecule has 2 aromatic heterocycles. The zero-order valence-electron chi connectivity index (χ0n) is 27.1. The molecule has 1 fully saturated rings. The second-order valence-corrected chi connectivity index (χ2v) is 13.2. The molecule has 1 saturated heterocycles.